The average Bonchev–Trinajstić information content (AvgIpc) is 3.09. The van der Waals surface area contributed by atoms with Crippen molar-refractivity contribution in [3.05, 3.63) is 98.5 Å². The van der Waals surface area contributed by atoms with Crippen LogP contribution in [-0.4, -0.2) is 34.0 Å². The molecule has 1 atom stereocenters. The quantitative estimate of drug-likeness (QED) is 0.423. The molecule has 0 radical (unpaired) electrons. The lowest BCUT2D eigenvalue weighted by molar-refractivity contribution is -0.137. The van der Waals surface area contributed by atoms with Gasteiger partial charge in [-0.25, -0.2) is 0 Å². The minimum atomic E-state index is -1.07. The number of hydrogen-bond acceptors (Lipinski definition) is 3. The number of aliphatic carboxylic acids is 1. The van der Waals surface area contributed by atoms with Crippen molar-refractivity contribution in [2.75, 3.05) is 6.54 Å². The topological polar surface area (TPSA) is 66.8 Å². The van der Waals surface area contributed by atoms with Crippen LogP contribution in [0.5, 0.6) is 5.75 Å². The highest BCUT2D eigenvalue weighted by atomic mass is 79.9. The zero-order chi connectivity index (χ0) is 23.6. The normalized spacial score (nSPS) is 16.7. The summed E-state index contributed by atoms with van der Waals surface area (Å²) in [6, 6.07) is 20.5. The van der Waals surface area contributed by atoms with Gasteiger partial charge >= 0.3 is 5.97 Å². The Bertz CT molecular complexity index is 1200. The lowest BCUT2D eigenvalue weighted by Gasteiger charge is -2.24. The zero-order valence-electron chi connectivity index (χ0n) is 18.1. The third-order valence-electron chi connectivity index (χ3n) is 5.60. The Hall–Kier alpha value is -2.83. The van der Waals surface area contributed by atoms with Gasteiger partial charge in [-0.3, -0.25) is 9.59 Å². The summed E-state index contributed by atoms with van der Waals surface area (Å²) in [4.78, 5) is 26.0. The van der Waals surface area contributed by atoms with Crippen LogP contribution in [0.3, 0.4) is 0 Å². The second-order valence-electron chi connectivity index (χ2n) is 8.54. The van der Waals surface area contributed by atoms with Gasteiger partial charge in [0.05, 0.1) is 0 Å². The zero-order valence-corrected chi connectivity index (χ0v) is 20.4. The summed E-state index contributed by atoms with van der Waals surface area (Å²) in [5.74, 6) is -0.663. The van der Waals surface area contributed by atoms with Gasteiger partial charge in [0.2, 0.25) is 0 Å². The van der Waals surface area contributed by atoms with Crippen molar-refractivity contribution in [3.63, 3.8) is 0 Å². The van der Waals surface area contributed by atoms with Gasteiger partial charge in [0.15, 0.2) is 0 Å². The first-order valence-electron chi connectivity index (χ1n) is 10.5. The minimum Gasteiger partial charge on any atom is -0.487 e. The second kappa shape index (κ2) is 9.57. The number of rotatable bonds is 7. The Kier molecular flexibility index (Phi) is 6.77. The maximum Gasteiger partial charge on any atom is 0.323 e. The summed E-state index contributed by atoms with van der Waals surface area (Å²) in [6.45, 7) is 1.81. The molecule has 1 heterocycles. The van der Waals surface area contributed by atoms with E-state index in [0.29, 0.717) is 17.0 Å². The number of hydrogen-bond donors (Lipinski definition) is 1. The number of nitrogens with zero attached hydrogens (tertiary/aromatic N) is 1. The number of ether oxygens (including phenoxy) is 1. The number of carbonyl (C=O) groups is 2. The van der Waals surface area contributed by atoms with Crippen molar-refractivity contribution in [2.45, 2.75) is 31.9 Å². The van der Waals surface area contributed by atoms with Crippen LogP contribution < -0.4 is 4.74 Å². The van der Waals surface area contributed by atoms with Crippen LogP contribution in [0.1, 0.15) is 34.0 Å². The molecule has 3 aromatic carbocycles. The van der Waals surface area contributed by atoms with E-state index in [0.717, 1.165) is 27.8 Å². The maximum absolute atomic E-state index is 13.2. The van der Waals surface area contributed by atoms with Crippen LogP contribution in [0.25, 0.3) is 0 Å². The van der Waals surface area contributed by atoms with Crippen molar-refractivity contribution in [1.29, 1.82) is 0 Å². The first-order chi connectivity index (χ1) is 15.7. The fourth-order valence-corrected chi connectivity index (χ4v) is 4.67. The molecule has 0 spiro atoms. The predicted octanol–water partition coefficient (Wildman–Crippen LogP) is 5.77. The molecular weight excluding hydrogens is 506 g/mol. The summed E-state index contributed by atoms with van der Waals surface area (Å²) < 4.78 is 7.28. The van der Waals surface area contributed by atoms with Crippen molar-refractivity contribution < 1.29 is 19.4 Å². The summed E-state index contributed by atoms with van der Waals surface area (Å²) >= 11 is 9.51. The molecule has 5 nitrogen and oxygen atoms in total. The predicted molar refractivity (Wildman–Crippen MR) is 131 cm³/mol. The Labute approximate surface area is 206 Å². The summed E-state index contributed by atoms with van der Waals surface area (Å²) in [7, 11) is 0. The van der Waals surface area contributed by atoms with E-state index in [1.54, 1.807) is 30.3 Å². The molecule has 1 aliphatic rings. The molecular formula is C26H23BrClNO4. The van der Waals surface area contributed by atoms with Gasteiger partial charge in [0.25, 0.3) is 5.91 Å². The molecule has 0 fully saturated rings. The molecule has 0 saturated carbocycles. The Morgan fingerprint density at radius 3 is 2.55 bits per heavy atom. The van der Waals surface area contributed by atoms with Gasteiger partial charge in [-0.1, -0.05) is 51.8 Å². The second-order valence-corrected chi connectivity index (χ2v) is 9.89. The molecule has 4 rings (SSSR count). The number of carbonyl (C=O) groups excluding carboxylic acids is 1. The highest BCUT2D eigenvalue weighted by Gasteiger charge is 2.35. The number of fused-ring (bicyclic) bond motifs is 1. The van der Waals surface area contributed by atoms with Crippen molar-refractivity contribution in [2.24, 2.45) is 0 Å². The Morgan fingerprint density at radius 2 is 1.85 bits per heavy atom. The first kappa shape index (κ1) is 23.3. The molecule has 1 amide bonds. The largest absolute Gasteiger partial charge is 0.487 e. The number of halogens is 2. The van der Waals surface area contributed by atoms with E-state index in [1.165, 1.54) is 10.5 Å². The summed E-state index contributed by atoms with van der Waals surface area (Å²) in [5, 5.41) is 9.89. The van der Waals surface area contributed by atoms with E-state index in [4.69, 9.17) is 16.3 Å². The number of carboxylic acids is 1. The smallest absolute Gasteiger partial charge is 0.323 e. The van der Waals surface area contributed by atoms with Gasteiger partial charge in [-0.2, -0.15) is 0 Å². The first-order valence-corrected chi connectivity index (χ1v) is 11.7. The Morgan fingerprint density at radius 1 is 1.09 bits per heavy atom. The molecule has 0 aliphatic carbocycles. The number of carboxylic acid groups (broad SMARTS) is 1. The third-order valence-corrected chi connectivity index (χ3v) is 6.36. The molecule has 1 aliphatic heterocycles. The highest BCUT2D eigenvalue weighted by molar-refractivity contribution is 9.10. The van der Waals surface area contributed by atoms with E-state index >= 15 is 0 Å². The molecule has 0 saturated heterocycles. The van der Waals surface area contributed by atoms with Crippen LogP contribution in [0.2, 0.25) is 5.02 Å². The standard InChI is InChI=1S/C26H23BrClNO4/c1-26(13-17-5-8-21(27)9-6-17)14-20-12-19(7-10-23(20)33-26)25(32)29(16-24(30)31)15-18-3-2-4-22(28)11-18/h2-12H,13-16H2,1H3,(H,30,31). The van der Waals surface area contributed by atoms with Gasteiger partial charge in [0.1, 0.15) is 17.9 Å². The Balaban J connectivity index is 1.53. The van der Waals surface area contributed by atoms with Gasteiger partial charge in [-0.15, -0.1) is 0 Å². The maximum atomic E-state index is 13.2. The van der Waals surface area contributed by atoms with Crippen LogP contribution in [0, 0.1) is 0 Å². The summed E-state index contributed by atoms with van der Waals surface area (Å²) in [6.07, 6.45) is 1.39. The van der Waals surface area contributed by atoms with E-state index < -0.39 is 18.1 Å². The lowest BCUT2D eigenvalue weighted by Crippen LogP contribution is -2.35. The molecule has 1 N–H and O–H groups in total. The van der Waals surface area contributed by atoms with Gasteiger partial charge < -0.3 is 14.7 Å². The molecule has 33 heavy (non-hydrogen) atoms. The van der Waals surface area contributed by atoms with Gasteiger partial charge in [0, 0.05) is 34.4 Å². The van der Waals surface area contributed by atoms with Crippen molar-refractivity contribution in [3.8, 4) is 5.75 Å². The fraction of sp³-hybridized carbons (Fsp3) is 0.231. The lowest BCUT2D eigenvalue weighted by atomic mass is 9.91. The molecule has 170 valence electrons. The SMILES string of the molecule is CC1(Cc2ccc(Br)cc2)Cc2cc(C(=O)N(CC(=O)O)Cc3cccc(Cl)c3)ccc2O1. The minimum absolute atomic E-state index is 0.153. The van der Waals surface area contributed by atoms with Crippen molar-refractivity contribution in [1.82, 2.24) is 4.90 Å². The molecule has 3 aromatic rings. The molecule has 7 heteroatoms. The monoisotopic (exact) mass is 527 g/mol. The van der Waals surface area contributed by atoms with E-state index in [2.05, 4.69) is 35.0 Å². The third kappa shape index (κ3) is 5.75. The number of amides is 1. The molecule has 0 bridgehead atoms. The van der Waals surface area contributed by atoms with Crippen LogP contribution in [0.15, 0.2) is 71.2 Å². The summed E-state index contributed by atoms with van der Waals surface area (Å²) in [5.41, 5.74) is 2.90. The van der Waals surface area contributed by atoms with E-state index in [-0.39, 0.29) is 12.5 Å². The van der Waals surface area contributed by atoms with E-state index in [9.17, 15) is 14.7 Å². The molecule has 0 aromatic heterocycles. The van der Waals surface area contributed by atoms with Gasteiger partial charge in [-0.05, 0) is 66.1 Å². The number of benzene rings is 3. The van der Waals surface area contributed by atoms with Crippen molar-refractivity contribution >= 4 is 39.4 Å². The fourth-order valence-electron chi connectivity index (χ4n) is 4.19. The van der Waals surface area contributed by atoms with E-state index in [1.807, 2.05) is 24.3 Å². The van der Waals surface area contributed by atoms with Crippen LogP contribution in [-0.2, 0) is 24.2 Å². The van der Waals surface area contributed by atoms with Crippen LogP contribution >= 0.6 is 27.5 Å². The van der Waals surface area contributed by atoms with Crippen LogP contribution in [0.4, 0.5) is 0 Å². The highest BCUT2D eigenvalue weighted by Crippen LogP contribution is 2.38. The average molecular weight is 529 g/mol. The molecule has 1 unspecified atom stereocenters.